The van der Waals surface area contributed by atoms with Crippen LogP contribution in [0.15, 0.2) is 11.6 Å². The molecule has 0 saturated heterocycles. The first kappa shape index (κ1) is 7.84. The van der Waals surface area contributed by atoms with Crippen LogP contribution in [-0.4, -0.2) is 11.6 Å². The molecule has 0 aromatic heterocycles. The van der Waals surface area contributed by atoms with E-state index in [1.54, 1.807) is 0 Å². The van der Waals surface area contributed by atoms with E-state index in [-0.39, 0.29) is 11.6 Å². The Morgan fingerprint density at radius 3 is 2.92 bits per heavy atom. The Hall–Kier alpha value is -0.790. The van der Waals surface area contributed by atoms with Gasteiger partial charge < -0.3 is 4.74 Å². The minimum Gasteiger partial charge on any atom is -0.455 e. The molecule has 2 rings (SSSR count). The van der Waals surface area contributed by atoms with E-state index in [9.17, 15) is 4.79 Å². The fraction of sp³-hybridized carbons (Fsp3) is 0.700. The maximum atomic E-state index is 10.9. The topological polar surface area (TPSA) is 26.3 Å². The van der Waals surface area contributed by atoms with Gasteiger partial charge in [0, 0.05) is 6.92 Å². The number of carbonyl (C=O) groups excluding carboxylic acids is 1. The summed E-state index contributed by atoms with van der Waals surface area (Å²) in [6, 6.07) is 0. The molecule has 2 atom stereocenters. The van der Waals surface area contributed by atoms with Crippen molar-refractivity contribution < 1.29 is 9.53 Å². The van der Waals surface area contributed by atoms with E-state index >= 15 is 0 Å². The number of esters is 1. The van der Waals surface area contributed by atoms with Gasteiger partial charge in [0.1, 0.15) is 5.60 Å². The summed E-state index contributed by atoms with van der Waals surface area (Å²) in [5, 5.41) is 0. The van der Waals surface area contributed by atoms with E-state index < -0.39 is 0 Å². The SMILES string of the molecule is CC(=O)OC12CCC(C=C1C)C2. The summed E-state index contributed by atoms with van der Waals surface area (Å²) in [5.41, 5.74) is 1.06. The van der Waals surface area contributed by atoms with E-state index in [1.165, 1.54) is 18.9 Å². The fourth-order valence-corrected chi connectivity index (χ4v) is 2.50. The quantitative estimate of drug-likeness (QED) is 0.440. The molecule has 2 unspecified atom stereocenters. The highest BCUT2D eigenvalue weighted by Gasteiger charge is 2.47. The number of rotatable bonds is 1. The Labute approximate surface area is 72.6 Å². The zero-order chi connectivity index (χ0) is 8.77. The summed E-state index contributed by atoms with van der Waals surface area (Å²) in [4.78, 5) is 10.9. The summed E-state index contributed by atoms with van der Waals surface area (Å²) in [6.07, 6.45) is 5.50. The van der Waals surface area contributed by atoms with Crippen LogP contribution in [0.2, 0.25) is 0 Å². The van der Waals surface area contributed by atoms with Crippen LogP contribution in [0.1, 0.15) is 33.1 Å². The lowest BCUT2D eigenvalue weighted by Crippen LogP contribution is -2.30. The standard InChI is InChI=1S/C10H14O2/c1-7-5-9-3-4-10(7,6-9)12-8(2)11/h5,9H,3-4,6H2,1-2H3. The van der Waals surface area contributed by atoms with E-state index in [0.29, 0.717) is 5.92 Å². The first-order chi connectivity index (χ1) is 5.62. The van der Waals surface area contributed by atoms with Gasteiger partial charge in [-0.15, -0.1) is 0 Å². The van der Waals surface area contributed by atoms with Gasteiger partial charge in [-0.3, -0.25) is 4.79 Å². The van der Waals surface area contributed by atoms with Gasteiger partial charge in [-0.2, -0.15) is 0 Å². The lowest BCUT2D eigenvalue weighted by Gasteiger charge is -2.27. The van der Waals surface area contributed by atoms with Crippen LogP contribution in [0.25, 0.3) is 0 Å². The Bertz CT molecular complexity index is 255. The number of hydrogen-bond donors (Lipinski definition) is 0. The van der Waals surface area contributed by atoms with Gasteiger partial charge in [-0.05, 0) is 37.7 Å². The normalized spacial score (nSPS) is 38.2. The van der Waals surface area contributed by atoms with Crippen LogP contribution in [0, 0.1) is 5.92 Å². The molecule has 0 spiro atoms. The fourth-order valence-electron chi connectivity index (χ4n) is 2.50. The van der Waals surface area contributed by atoms with E-state index in [4.69, 9.17) is 4.74 Å². The molecule has 2 aliphatic rings. The van der Waals surface area contributed by atoms with E-state index in [0.717, 1.165) is 12.8 Å². The summed E-state index contributed by atoms with van der Waals surface area (Å²) in [7, 11) is 0. The molecule has 2 bridgehead atoms. The average molecular weight is 166 g/mol. The summed E-state index contributed by atoms with van der Waals surface area (Å²) in [6.45, 7) is 3.57. The highest BCUT2D eigenvalue weighted by atomic mass is 16.6. The highest BCUT2D eigenvalue weighted by molar-refractivity contribution is 5.67. The zero-order valence-electron chi connectivity index (χ0n) is 7.59. The molecule has 2 nitrogen and oxygen atoms in total. The second kappa shape index (κ2) is 2.35. The Kier molecular flexibility index (Phi) is 1.53. The van der Waals surface area contributed by atoms with Gasteiger partial charge in [0.15, 0.2) is 0 Å². The van der Waals surface area contributed by atoms with Crippen molar-refractivity contribution in [3.63, 3.8) is 0 Å². The minimum absolute atomic E-state index is 0.148. The number of ether oxygens (including phenoxy) is 1. The Morgan fingerprint density at radius 2 is 2.50 bits per heavy atom. The molecule has 0 N–H and O–H groups in total. The second-order valence-corrected chi connectivity index (χ2v) is 3.94. The van der Waals surface area contributed by atoms with Crippen molar-refractivity contribution in [1.29, 1.82) is 0 Å². The van der Waals surface area contributed by atoms with Gasteiger partial charge >= 0.3 is 5.97 Å². The predicted octanol–water partition coefficient (Wildman–Crippen LogP) is 2.05. The van der Waals surface area contributed by atoms with E-state index in [2.05, 4.69) is 13.0 Å². The number of allylic oxidation sites excluding steroid dienone is 1. The molecule has 2 heteroatoms. The third-order valence-electron chi connectivity index (χ3n) is 3.05. The smallest absolute Gasteiger partial charge is 0.303 e. The molecule has 0 amide bonds. The molecule has 0 aliphatic heterocycles. The maximum Gasteiger partial charge on any atom is 0.303 e. The number of fused-ring (bicyclic) bond motifs is 2. The van der Waals surface area contributed by atoms with Crippen LogP contribution < -0.4 is 0 Å². The minimum atomic E-state index is -0.198. The molecule has 0 radical (unpaired) electrons. The first-order valence-corrected chi connectivity index (χ1v) is 4.51. The van der Waals surface area contributed by atoms with Crippen molar-refractivity contribution in [2.45, 2.75) is 38.7 Å². The summed E-state index contributed by atoms with van der Waals surface area (Å²) in [5.74, 6) is 0.523. The van der Waals surface area contributed by atoms with Crippen molar-refractivity contribution in [3.8, 4) is 0 Å². The molecule has 66 valence electrons. The molecule has 1 fully saturated rings. The van der Waals surface area contributed by atoms with Crippen molar-refractivity contribution >= 4 is 5.97 Å². The second-order valence-electron chi connectivity index (χ2n) is 3.94. The molecule has 0 aromatic rings. The van der Waals surface area contributed by atoms with Gasteiger partial charge in [0.25, 0.3) is 0 Å². The van der Waals surface area contributed by atoms with Gasteiger partial charge in [0.05, 0.1) is 0 Å². The van der Waals surface area contributed by atoms with Crippen molar-refractivity contribution in [2.75, 3.05) is 0 Å². The van der Waals surface area contributed by atoms with Crippen molar-refractivity contribution in [3.05, 3.63) is 11.6 Å². The van der Waals surface area contributed by atoms with Crippen LogP contribution in [0.4, 0.5) is 0 Å². The molecule has 2 aliphatic carbocycles. The number of carbonyl (C=O) groups is 1. The van der Waals surface area contributed by atoms with Crippen molar-refractivity contribution in [2.24, 2.45) is 5.92 Å². The Balaban J connectivity index is 2.21. The van der Waals surface area contributed by atoms with Gasteiger partial charge in [-0.25, -0.2) is 0 Å². The highest BCUT2D eigenvalue weighted by Crippen LogP contribution is 2.49. The average Bonchev–Trinajstić information content (AvgIpc) is 2.42. The molecule has 0 heterocycles. The van der Waals surface area contributed by atoms with E-state index in [1.807, 2.05) is 0 Å². The molecule has 0 aromatic carbocycles. The van der Waals surface area contributed by atoms with Crippen LogP contribution in [0.5, 0.6) is 0 Å². The van der Waals surface area contributed by atoms with Crippen LogP contribution in [-0.2, 0) is 9.53 Å². The maximum absolute atomic E-state index is 10.9. The van der Waals surface area contributed by atoms with Crippen LogP contribution in [0.3, 0.4) is 0 Å². The third kappa shape index (κ3) is 0.977. The lowest BCUT2D eigenvalue weighted by atomic mass is 9.95. The zero-order valence-corrected chi connectivity index (χ0v) is 7.59. The largest absolute Gasteiger partial charge is 0.455 e. The molecular weight excluding hydrogens is 152 g/mol. The number of hydrogen-bond acceptors (Lipinski definition) is 2. The third-order valence-corrected chi connectivity index (χ3v) is 3.05. The summed E-state index contributed by atoms with van der Waals surface area (Å²) >= 11 is 0. The lowest BCUT2D eigenvalue weighted by molar-refractivity contribution is -0.152. The van der Waals surface area contributed by atoms with Crippen molar-refractivity contribution in [1.82, 2.24) is 0 Å². The Morgan fingerprint density at radius 1 is 1.75 bits per heavy atom. The molecular formula is C10H14O2. The molecule has 1 saturated carbocycles. The molecule has 12 heavy (non-hydrogen) atoms. The van der Waals surface area contributed by atoms with Gasteiger partial charge in [0.2, 0.25) is 0 Å². The predicted molar refractivity (Wildman–Crippen MR) is 45.6 cm³/mol. The van der Waals surface area contributed by atoms with Crippen LogP contribution >= 0.6 is 0 Å². The first-order valence-electron chi connectivity index (χ1n) is 4.51. The van der Waals surface area contributed by atoms with Gasteiger partial charge in [-0.1, -0.05) is 6.08 Å². The monoisotopic (exact) mass is 166 g/mol. The summed E-state index contributed by atoms with van der Waals surface area (Å²) < 4.78 is 5.39.